The summed E-state index contributed by atoms with van der Waals surface area (Å²) in [5.74, 6) is -0.0446. The van der Waals surface area contributed by atoms with Crippen molar-refractivity contribution in [3.63, 3.8) is 0 Å². The fourth-order valence-corrected chi connectivity index (χ4v) is 2.97. The number of hydrogen-bond donors (Lipinski definition) is 2. The molecule has 0 fully saturated rings. The molecule has 0 aliphatic rings. The maximum atomic E-state index is 11.1. The largest absolute Gasteiger partial charge is 0.497 e. The summed E-state index contributed by atoms with van der Waals surface area (Å²) in [6.45, 7) is 0. The van der Waals surface area contributed by atoms with Crippen molar-refractivity contribution in [1.82, 2.24) is 0 Å². The lowest BCUT2D eigenvalue weighted by Gasteiger charge is -2.02. The molecule has 0 unspecified atom stereocenters. The third-order valence-electron chi connectivity index (χ3n) is 3.06. The molecule has 1 aromatic heterocycles. The molecule has 0 spiro atoms. The topological polar surface area (TPSA) is 58.6 Å². The first-order valence-electron chi connectivity index (χ1n) is 6.30. The van der Waals surface area contributed by atoms with Gasteiger partial charge in [0.15, 0.2) is 0 Å². The minimum absolute atomic E-state index is 0.349. The second-order valence-corrected chi connectivity index (χ2v) is 5.50. The molecule has 0 saturated carbocycles. The van der Waals surface area contributed by atoms with Gasteiger partial charge in [-0.1, -0.05) is 12.1 Å². The molecular formula is C15H17NO3S. The molecule has 20 heavy (non-hydrogen) atoms. The van der Waals surface area contributed by atoms with Gasteiger partial charge in [0.05, 0.1) is 12.7 Å². The van der Waals surface area contributed by atoms with Crippen LogP contribution in [0.3, 0.4) is 0 Å². The van der Waals surface area contributed by atoms with E-state index >= 15 is 0 Å². The molecule has 1 aromatic carbocycles. The van der Waals surface area contributed by atoms with Crippen molar-refractivity contribution in [1.29, 1.82) is 0 Å². The molecular weight excluding hydrogens is 274 g/mol. The van der Waals surface area contributed by atoms with Crippen molar-refractivity contribution in [2.75, 3.05) is 19.5 Å². The first-order chi connectivity index (χ1) is 9.63. The highest BCUT2D eigenvalue weighted by molar-refractivity contribution is 7.16. The number of carboxylic acid groups (broad SMARTS) is 1. The number of methoxy groups -OCH3 is 1. The Labute approximate surface area is 122 Å². The predicted molar refractivity (Wildman–Crippen MR) is 81.2 cm³/mol. The van der Waals surface area contributed by atoms with Gasteiger partial charge in [-0.25, -0.2) is 4.79 Å². The number of nitrogens with one attached hydrogen (secondary N) is 1. The third kappa shape index (κ3) is 3.30. The molecule has 0 atom stereocenters. The summed E-state index contributed by atoms with van der Waals surface area (Å²) < 4.78 is 5.12. The summed E-state index contributed by atoms with van der Waals surface area (Å²) in [5, 5.41) is 12.7. The van der Waals surface area contributed by atoms with Crippen molar-refractivity contribution in [3.05, 3.63) is 46.3 Å². The van der Waals surface area contributed by atoms with Gasteiger partial charge in [-0.05, 0) is 36.6 Å². The van der Waals surface area contributed by atoms with E-state index < -0.39 is 5.97 Å². The van der Waals surface area contributed by atoms with Crippen LogP contribution < -0.4 is 10.1 Å². The summed E-state index contributed by atoms with van der Waals surface area (Å²) in [6.07, 6.45) is 1.71. The zero-order chi connectivity index (χ0) is 14.5. The maximum absolute atomic E-state index is 11.1. The van der Waals surface area contributed by atoms with E-state index in [1.54, 1.807) is 20.2 Å². The fourth-order valence-electron chi connectivity index (χ4n) is 1.97. The monoisotopic (exact) mass is 291 g/mol. The number of carboxylic acids is 1. The Balaban J connectivity index is 2.04. The van der Waals surface area contributed by atoms with Crippen molar-refractivity contribution in [2.24, 2.45) is 0 Å². The van der Waals surface area contributed by atoms with Crippen molar-refractivity contribution < 1.29 is 14.6 Å². The Kier molecular flexibility index (Phi) is 4.63. The summed E-state index contributed by atoms with van der Waals surface area (Å²) in [5.41, 5.74) is 1.56. The Bertz CT molecular complexity index is 590. The van der Waals surface area contributed by atoms with E-state index in [4.69, 9.17) is 9.84 Å². The van der Waals surface area contributed by atoms with Gasteiger partial charge in [0, 0.05) is 11.9 Å². The average Bonchev–Trinajstić information content (AvgIpc) is 2.89. The van der Waals surface area contributed by atoms with Gasteiger partial charge < -0.3 is 15.2 Å². The summed E-state index contributed by atoms with van der Waals surface area (Å²) in [6, 6.07) is 9.69. The van der Waals surface area contributed by atoms with E-state index in [0.29, 0.717) is 10.6 Å². The van der Waals surface area contributed by atoms with E-state index in [2.05, 4.69) is 5.32 Å². The van der Waals surface area contributed by atoms with Gasteiger partial charge in [-0.3, -0.25) is 0 Å². The predicted octanol–water partition coefficient (Wildman–Crippen LogP) is 3.28. The first kappa shape index (κ1) is 14.4. The Morgan fingerprint density at radius 2 is 2.00 bits per heavy atom. The standard InChI is InChI=1S/C15H17NO3S/c1-16-14-13(15(17)18)9-12(20-14)8-5-10-3-6-11(19-2)7-4-10/h3-4,6-7,9,16H,5,8H2,1-2H3,(H,17,18). The molecule has 0 aliphatic heterocycles. The molecule has 0 bridgehead atoms. The summed E-state index contributed by atoms with van der Waals surface area (Å²) in [7, 11) is 3.39. The van der Waals surface area contributed by atoms with Crippen LogP contribution >= 0.6 is 11.3 Å². The lowest BCUT2D eigenvalue weighted by molar-refractivity contribution is 0.0698. The number of benzene rings is 1. The SMILES string of the molecule is CNc1sc(CCc2ccc(OC)cc2)cc1C(=O)O. The number of rotatable bonds is 6. The molecule has 106 valence electrons. The van der Waals surface area contributed by atoms with Crippen LogP contribution in [0.5, 0.6) is 5.75 Å². The van der Waals surface area contributed by atoms with Crippen LogP contribution in [-0.4, -0.2) is 25.2 Å². The van der Waals surface area contributed by atoms with Crippen molar-refractivity contribution >= 4 is 22.3 Å². The molecule has 2 N–H and O–H groups in total. The zero-order valence-corrected chi connectivity index (χ0v) is 12.3. The van der Waals surface area contributed by atoms with Crippen LogP contribution in [0.15, 0.2) is 30.3 Å². The van der Waals surface area contributed by atoms with E-state index in [-0.39, 0.29) is 0 Å². The van der Waals surface area contributed by atoms with Gasteiger partial charge in [-0.2, -0.15) is 0 Å². The van der Waals surface area contributed by atoms with Crippen LogP contribution in [-0.2, 0) is 12.8 Å². The quantitative estimate of drug-likeness (QED) is 0.857. The minimum Gasteiger partial charge on any atom is -0.497 e. The van der Waals surface area contributed by atoms with Crippen LogP contribution in [0.1, 0.15) is 20.8 Å². The Morgan fingerprint density at radius 1 is 1.30 bits per heavy atom. The number of anilines is 1. The number of ether oxygens (including phenoxy) is 1. The van der Waals surface area contributed by atoms with Crippen LogP contribution in [0, 0.1) is 0 Å². The molecule has 0 amide bonds. The fraction of sp³-hybridized carbons (Fsp3) is 0.267. The average molecular weight is 291 g/mol. The zero-order valence-electron chi connectivity index (χ0n) is 11.5. The van der Waals surface area contributed by atoms with E-state index in [1.165, 1.54) is 16.9 Å². The number of carbonyl (C=O) groups is 1. The van der Waals surface area contributed by atoms with Crippen LogP contribution in [0.25, 0.3) is 0 Å². The Morgan fingerprint density at radius 3 is 2.50 bits per heavy atom. The van der Waals surface area contributed by atoms with Gasteiger partial charge in [0.25, 0.3) is 0 Å². The molecule has 0 radical (unpaired) electrons. The highest BCUT2D eigenvalue weighted by Crippen LogP contribution is 2.28. The second-order valence-electron chi connectivity index (χ2n) is 4.36. The molecule has 2 rings (SSSR count). The molecule has 0 aliphatic carbocycles. The normalized spacial score (nSPS) is 10.3. The third-order valence-corrected chi connectivity index (χ3v) is 4.27. The lowest BCUT2D eigenvalue weighted by atomic mass is 10.1. The molecule has 4 nitrogen and oxygen atoms in total. The number of aromatic carboxylic acids is 1. The van der Waals surface area contributed by atoms with Gasteiger partial charge in [-0.15, -0.1) is 11.3 Å². The van der Waals surface area contributed by atoms with E-state index in [0.717, 1.165) is 23.5 Å². The van der Waals surface area contributed by atoms with Crippen molar-refractivity contribution in [2.45, 2.75) is 12.8 Å². The highest BCUT2D eigenvalue weighted by atomic mass is 32.1. The smallest absolute Gasteiger partial charge is 0.338 e. The van der Waals surface area contributed by atoms with Crippen LogP contribution in [0.4, 0.5) is 5.00 Å². The second kappa shape index (κ2) is 6.43. The summed E-state index contributed by atoms with van der Waals surface area (Å²) >= 11 is 1.50. The first-order valence-corrected chi connectivity index (χ1v) is 7.12. The van der Waals surface area contributed by atoms with Gasteiger partial charge in [0.2, 0.25) is 0 Å². The molecule has 0 saturated heterocycles. The lowest BCUT2D eigenvalue weighted by Crippen LogP contribution is -1.98. The van der Waals surface area contributed by atoms with Gasteiger partial charge >= 0.3 is 5.97 Å². The number of hydrogen-bond acceptors (Lipinski definition) is 4. The van der Waals surface area contributed by atoms with Gasteiger partial charge in [0.1, 0.15) is 10.8 Å². The molecule has 5 heteroatoms. The van der Waals surface area contributed by atoms with Crippen molar-refractivity contribution in [3.8, 4) is 5.75 Å². The van der Waals surface area contributed by atoms with E-state index in [1.807, 2.05) is 24.3 Å². The van der Waals surface area contributed by atoms with Crippen LogP contribution in [0.2, 0.25) is 0 Å². The van der Waals surface area contributed by atoms with E-state index in [9.17, 15) is 4.79 Å². The molecule has 2 aromatic rings. The molecule has 1 heterocycles. The maximum Gasteiger partial charge on any atom is 0.338 e. The minimum atomic E-state index is -0.888. The summed E-state index contributed by atoms with van der Waals surface area (Å²) in [4.78, 5) is 12.2. The highest BCUT2D eigenvalue weighted by Gasteiger charge is 2.13. The Hall–Kier alpha value is -2.01. The number of aryl methyl sites for hydroxylation is 2. The number of thiophene rings is 1.